The number of rotatable bonds is 2. The van der Waals surface area contributed by atoms with Crippen molar-refractivity contribution in [3.05, 3.63) is 23.8 Å². The normalized spacial score (nSPS) is 25.8. The minimum atomic E-state index is -0.108. The molecule has 20 heavy (non-hydrogen) atoms. The lowest BCUT2D eigenvalue weighted by atomic mass is 9.81. The maximum absolute atomic E-state index is 12.5. The van der Waals surface area contributed by atoms with E-state index in [-0.39, 0.29) is 23.7 Å². The van der Waals surface area contributed by atoms with Crippen LogP contribution in [0.1, 0.15) is 31.2 Å². The number of carbonyl (C=O) groups excluding carboxylic acids is 2. The Bertz CT molecular complexity index is 543. The third-order valence-electron chi connectivity index (χ3n) is 4.49. The number of anilines is 1. The second kappa shape index (κ2) is 4.93. The maximum atomic E-state index is 12.5. The molecule has 2 aliphatic rings. The Morgan fingerprint density at radius 1 is 1.10 bits per heavy atom. The van der Waals surface area contributed by atoms with Crippen molar-refractivity contribution in [3.63, 3.8) is 0 Å². The van der Waals surface area contributed by atoms with E-state index in [0.717, 1.165) is 31.2 Å². The largest absolute Gasteiger partial charge is 0.496 e. The Morgan fingerprint density at radius 3 is 2.25 bits per heavy atom. The molecule has 3 rings (SSSR count). The van der Waals surface area contributed by atoms with E-state index >= 15 is 0 Å². The average Bonchev–Trinajstić information content (AvgIpc) is 2.72. The van der Waals surface area contributed by atoms with E-state index in [0.29, 0.717) is 11.4 Å². The second-order valence-corrected chi connectivity index (χ2v) is 5.66. The van der Waals surface area contributed by atoms with Gasteiger partial charge in [-0.05, 0) is 31.4 Å². The smallest absolute Gasteiger partial charge is 0.237 e. The van der Waals surface area contributed by atoms with Gasteiger partial charge in [0.2, 0.25) is 11.8 Å². The number of nitrogens with zero attached hydrogens (tertiary/aromatic N) is 1. The second-order valence-electron chi connectivity index (χ2n) is 5.66. The van der Waals surface area contributed by atoms with Crippen LogP contribution in [0.15, 0.2) is 18.2 Å². The molecule has 0 N–H and O–H groups in total. The summed E-state index contributed by atoms with van der Waals surface area (Å²) >= 11 is 0. The fourth-order valence-corrected chi connectivity index (χ4v) is 3.36. The Balaban J connectivity index is 1.97. The van der Waals surface area contributed by atoms with E-state index < -0.39 is 0 Å². The molecule has 1 aliphatic heterocycles. The standard InChI is InChI=1S/C16H19NO3/c1-10-7-8-11(9-14(10)20-2)17-15(18)12-5-3-4-6-13(12)16(17)19/h7-9,12-13H,3-6H2,1-2H3. The van der Waals surface area contributed by atoms with Gasteiger partial charge in [0.15, 0.2) is 0 Å². The lowest BCUT2D eigenvalue weighted by molar-refractivity contribution is -0.122. The van der Waals surface area contributed by atoms with Crippen LogP contribution >= 0.6 is 0 Å². The lowest BCUT2D eigenvalue weighted by Crippen LogP contribution is -2.30. The molecule has 4 nitrogen and oxygen atoms in total. The van der Waals surface area contributed by atoms with E-state index in [9.17, 15) is 9.59 Å². The summed E-state index contributed by atoms with van der Waals surface area (Å²) in [6.45, 7) is 1.94. The molecule has 2 unspecified atom stereocenters. The fourth-order valence-electron chi connectivity index (χ4n) is 3.36. The lowest BCUT2D eigenvalue weighted by Gasteiger charge is -2.19. The maximum Gasteiger partial charge on any atom is 0.237 e. The van der Waals surface area contributed by atoms with Gasteiger partial charge >= 0.3 is 0 Å². The molecule has 1 heterocycles. The number of aryl methyl sites for hydroxylation is 1. The van der Waals surface area contributed by atoms with Gasteiger partial charge in [-0.25, -0.2) is 4.90 Å². The van der Waals surface area contributed by atoms with E-state index in [1.54, 1.807) is 13.2 Å². The summed E-state index contributed by atoms with van der Waals surface area (Å²) in [7, 11) is 1.60. The highest BCUT2D eigenvalue weighted by Gasteiger charge is 2.48. The Morgan fingerprint density at radius 2 is 1.70 bits per heavy atom. The minimum absolute atomic E-state index is 0.0365. The molecule has 4 heteroatoms. The third kappa shape index (κ3) is 1.90. The summed E-state index contributed by atoms with van der Waals surface area (Å²) in [6, 6.07) is 5.49. The van der Waals surface area contributed by atoms with E-state index in [4.69, 9.17) is 4.74 Å². The topological polar surface area (TPSA) is 46.6 Å². The SMILES string of the molecule is COc1cc(N2C(=O)C3CCCCC3C2=O)ccc1C. The van der Waals surface area contributed by atoms with Crippen LogP contribution in [0, 0.1) is 18.8 Å². The first-order valence-corrected chi connectivity index (χ1v) is 7.16. The highest BCUT2D eigenvalue weighted by molar-refractivity contribution is 6.22. The number of carbonyl (C=O) groups is 2. The van der Waals surface area contributed by atoms with Gasteiger partial charge in [0, 0.05) is 6.07 Å². The van der Waals surface area contributed by atoms with Crippen molar-refractivity contribution >= 4 is 17.5 Å². The van der Waals surface area contributed by atoms with Crippen LogP contribution < -0.4 is 9.64 Å². The van der Waals surface area contributed by atoms with Crippen molar-refractivity contribution in [1.29, 1.82) is 0 Å². The van der Waals surface area contributed by atoms with Crippen LogP contribution in [0.4, 0.5) is 5.69 Å². The van der Waals surface area contributed by atoms with Gasteiger partial charge in [0.1, 0.15) is 5.75 Å². The molecule has 0 bridgehead atoms. The zero-order chi connectivity index (χ0) is 14.3. The van der Waals surface area contributed by atoms with Gasteiger partial charge in [0.05, 0.1) is 24.6 Å². The van der Waals surface area contributed by atoms with Crippen molar-refractivity contribution in [2.75, 3.05) is 12.0 Å². The molecule has 106 valence electrons. The summed E-state index contributed by atoms with van der Waals surface area (Å²) in [5.74, 6) is 0.418. The summed E-state index contributed by atoms with van der Waals surface area (Å²) in [5.41, 5.74) is 1.63. The predicted octanol–water partition coefficient (Wildman–Crippen LogP) is 2.68. The van der Waals surface area contributed by atoms with Crippen LogP contribution in [0.2, 0.25) is 0 Å². The van der Waals surface area contributed by atoms with Crippen molar-refractivity contribution in [1.82, 2.24) is 0 Å². The molecule has 1 aromatic carbocycles. The summed E-state index contributed by atoms with van der Waals surface area (Å²) < 4.78 is 5.29. The molecule has 2 atom stereocenters. The molecule has 2 amide bonds. The number of benzene rings is 1. The average molecular weight is 273 g/mol. The van der Waals surface area contributed by atoms with Gasteiger partial charge in [-0.2, -0.15) is 0 Å². The first kappa shape index (κ1) is 13.2. The highest BCUT2D eigenvalue weighted by Crippen LogP contribution is 2.40. The van der Waals surface area contributed by atoms with Gasteiger partial charge in [-0.15, -0.1) is 0 Å². The van der Waals surface area contributed by atoms with Crippen LogP contribution in [0.3, 0.4) is 0 Å². The first-order chi connectivity index (χ1) is 9.63. The molecule has 1 aromatic rings. The summed E-state index contributed by atoms with van der Waals surface area (Å²) in [5, 5.41) is 0. The van der Waals surface area contributed by atoms with Crippen molar-refractivity contribution < 1.29 is 14.3 Å². The minimum Gasteiger partial charge on any atom is -0.496 e. The number of hydrogen-bond donors (Lipinski definition) is 0. The quantitative estimate of drug-likeness (QED) is 0.778. The summed E-state index contributed by atoms with van der Waals surface area (Å²) in [6.07, 6.45) is 3.78. The number of hydrogen-bond acceptors (Lipinski definition) is 3. The van der Waals surface area contributed by atoms with E-state index in [2.05, 4.69) is 0 Å². The highest BCUT2D eigenvalue weighted by atomic mass is 16.5. The zero-order valence-corrected chi connectivity index (χ0v) is 11.9. The predicted molar refractivity (Wildman–Crippen MR) is 75.7 cm³/mol. The van der Waals surface area contributed by atoms with Gasteiger partial charge in [0.25, 0.3) is 0 Å². The number of methoxy groups -OCH3 is 1. The van der Waals surface area contributed by atoms with E-state index in [1.165, 1.54) is 4.90 Å². The monoisotopic (exact) mass is 273 g/mol. The van der Waals surface area contributed by atoms with E-state index in [1.807, 2.05) is 19.1 Å². The molecule has 1 saturated carbocycles. The number of amides is 2. The van der Waals surface area contributed by atoms with Crippen LogP contribution in [-0.2, 0) is 9.59 Å². The molecule has 0 aromatic heterocycles. The van der Waals surface area contributed by atoms with Gasteiger partial charge in [-0.1, -0.05) is 18.9 Å². The van der Waals surface area contributed by atoms with Gasteiger partial charge < -0.3 is 4.74 Å². The van der Waals surface area contributed by atoms with Crippen LogP contribution in [0.25, 0.3) is 0 Å². The molecule has 1 saturated heterocycles. The molecule has 0 radical (unpaired) electrons. The number of ether oxygens (including phenoxy) is 1. The Kier molecular flexibility index (Phi) is 3.24. The number of imide groups is 1. The zero-order valence-electron chi connectivity index (χ0n) is 11.9. The molecular formula is C16H19NO3. The van der Waals surface area contributed by atoms with Crippen molar-refractivity contribution in [3.8, 4) is 5.75 Å². The third-order valence-corrected chi connectivity index (χ3v) is 4.49. The van der Waals surface area contributed by atoms with Crippen LogP contribution in [-0.4, -0.2) is 18.9 Å². The van der Waals surface area contributed by atoms with Gasteiger partial charge in [-0.3, -0.25) is 9.59 Å². The fraction of sp³-hybridized carbons (Fsp3) is 0.500. The molecular weight excluding hydrogens is 254 g/mol. The van der Waals surface area contributed by atoms with Crippen LogP contribution in [0.5, 0.6) is 5.75 Å². The van der Waals surface area contributed by atoms with Crippen molar-refractivity contribution in [2.24, 2.45) is 11.8 Å². The molecule has 1 aliphatic carbocycles. The Labute approximate surface area is 118 Å². The molecule has 2 fully saturated rings. The molecule has 0 spiro atoms. The summed E-state index contributed by atoms with van der Waals surface area (Å²) in [4.78, 5) is 26.4. The van der Waals surface area contributed by atoms with Crippen molar-refractivity contribution in [2.45, 2.75) is 32.6 Å². The Hall–Kier alpha value is -1.84. The number of fused-ring (bicyclic) bond motifs is 1. The first-order valence-electron chi connectivity index (χ1n) is 7.16.